The number of carbonyl (C=O) groups is 2. The van der Waals surface area contributed by atoms with E-state index in [1.807, 2.05) is 13.8 Å². The van der Waals surface area contributed by atoms with Gasteiger partial charge in [0.05, 0.1) is 0 Å². The highest BCUT2D eigenvalue weighted by Crippen LogP contribution is 1.96. The van der Waals surface area contributed by atoms with E-state index in [2.05, 4.69) is 13.2 Å². The summed E-state index contributed by atoms with van der Waals surface area (Å²) in [7, 11) is 0. The maximum Gasteiger partial charge on any atom is 0.352 e. The number of nitrogens with zero attached hydrogens (tertiary/aromatic N) is 1. The van der Waals surface area contributed by atoms with Gasteiger partial charge in [0.2, 0.25) is 0 Å². The SMILES string of the molecule is C=C(C)C(=O)O.C=C(C)C(=O)ON(CC)CC. The van der Waals surface area contributed by atoms with Crippen LogP contribution >= 0.6 is 0 Å². The van der Waals surface area contributed by atoms with Gasteiger partial charge in [0.1, 0.15) is 0 Å². The molecule has 0 amide bonds. The van der Waals surface area contributed by atoms with Crippen LogP contribution in [-0.2, 0) is 14.4 Å². The van der Waals surface area contributed by atoms with Gasteiger partial charge < -0.3 is 9.94 Å². The maximum atomic E-state index is 10.9. The first-order valence-electron chi connectivity index (χ1n) is 5.27. The van der Waals surface area contributed by atoms with E-state index < -0.39 is 5.97 Å². The number of carboxylic acid groups (broad SMARTS) is 1. The Hall–Kier alpha value is -1.62. The van der Waals surface area contributed by atoms with Crippen molar-refractivity contribution < 1.29 is 19.5 Å². The Morgan fingerprint density at radius 3 is 1.65 bits per heavy atom. The number of hydrogen-bond donors (Lipinski definition) is 1. The van der Waals surface area contributed by atoms with Gasteiger partial charge in [-0.1, -0.05) is 13.2 Å². The van der Waals surface area contributed by atoms with Gasteiger partial charge in [0.25, 0.3) is 0 Å². The molecule has 0 saturated heterocycles. The van der Waals surface area contributed by atoms with E-state index in [0.717, 1.165) is 0 Å². The maximum absolute atomic E-state index is 10.9. The molecule has 0 aromatic rings. The summed E-state index contributed by atoms with van der Waals surface area (Å²) in [5.74, 6) is -1.29. The monoisotopic (exact) mass is 243 g/mol. The van der Waals surface area contributed by atoms with Crippen LogP contribution in [0.4, 0.5) is 0 Å². The van der Waals surface area contributed by atoms with Crippen LogP contribution in [0.2, 0.25) is 0 Å². The Balaban J connectivity index is 0. The quantitative estimate of drug-likeness (QED) is 0.591. The van der Waals surface area contributed by atoms with Crippen LogP contribution in [0, 0.1) is 0 Å². The van der Waals surface area contributed by atoms with Gasteiger partial charge in [-0.05, 0) is 27.7 Å². The summed E-state index contributed by atoms with van der Waals surface area (Å²) >= 11 is 0. The highest BCUT2D eigenvalue weighted by atomic mass is 16.7. The number of rotatable bonds is 5. The van der Waals surface area contributed by atoms with Crippen LogP contribution in [0.15, 0.2) is 24.3 Å². The standard InChI is InChI=1S/C8H15NO2.C4H6O2/c1-5-9(6-2)11-8(10)7(3)4;1-3(2)4(5)6/h3,5-6H2,1-2,4H3;1H2,2H3,(H,5,6). The predicted octanol–water partition coefficient (Wildman–Crippen LogP) is 2.01. The Morgan fingerprint density at radius 2 is 1.47 bits per heavy atom. The summed E-state index contributed by atoms with van der Waals surface area (Å²) in [6.45, 7) is 15.0. The molecular weight excluding hydrogens is 222 g/mol. The first-order chi connectivity index (χ1) is 7.76. The molecule has 5 nitrogen and oxygen atoms in total. The first-order valence-corrected chi connectivity index (χ1v) is 5.27. The highest BCUT2D eigenvalue weighted by molar-refractivity contribution is 5.86. The third-order valence-electron chi connectivity index (χ3n) is 1.63. The van der Waals surface area contributed by atoms with Crippen LogP contribution in [0.3, 0.4) is 0 Å². The molecule has 0 aliphatic carbocycles. The smallest absolute Gasteiger partial charge is 0.352 e. The highest BCUT2D eigenvalue weighted by Gasteiger charge is 2.07. The van der Waals surface area contributed by atoms with E-state index in [-0.39, 0.29) is 11.5 Å². The van der Waals surface area contributed by atoms with Crippen LogP contribution in [-0.4, -0.2) is 35.2 Å². The summed E-state index contributed by atoms with van der Waals surface area (Å²) in [5, 5.41) is 9.47. The largest absolute Gasteiger partial charge is 0.478 e. The van der Waals surface area contributed by atoms with E-state index in [1.165, 1.54) is 6.92 Å². The lowest BCUT2D eigenvalue weighted by Crippen LogP contribution is -2.27. The van der Waals surface area contributed by atoms with Crippen molar-refractivity contribution in [1.82, 2.24) is 5.06 Å². The van der Waals surface area contributed by atoms with E-state index in [4.69, 9.17) is 9.94 Å². The molecule has 0 unspecified atom stereocenters. The molecule has 0 aromatic carbocycles. The minimum absolute atomic E-state index is 0.176. The third-order valence-corrected chi connectivity index (χ3v) is 1.63. The molecule has 1 N–H and O–H groups in total. The second kappa shape index (κ2) is 9.59. The summed E-state index contributed by atoms with van der Waals surface area (Å²) in [5.41, 5.74) is 0.604. The molecule has 17 heavy (non-hydrogen) atoms. The van der Waals surface area contributed by atoms with Crippen molar-refractivity contribution in [2.45, 2.75) is 27.7 Å². The fraction of sp³-hybridized carbons (Fsp3) is 0.500. The third kappa shape index (κ3) is 10.7. The van der Waals surface area contributed by atoms with Gasteiger partial charge in [0, 0.05) is 24.2 Å². The molecule has 0 radical (unpaired) electrons. The topological polar surface area (TPSA) is 66.8 Å². The van der Waals surface area contributed by atoms with Crippen LogP contribution in [0.5, 0.6) is 0 Å². The van der Waals surface area contributed by atoms with Gasteiger partial charge in [-0.25, -0.2) is 9.59 Å². The molecular formula is C12H21NO4. The number of aliphatic carboxylic acids is 1. The van der Waals surface area contributed by atoms with E-state index >= 15 is 0 Å². The predicted molar refractivity (Wildman–Crippen MR) is 66.3 cm³/mol. The summed E-state index contributed by atoms with van der Waals surface area (Å²) in [6, 6.07) is 0. The lowest BCUT2D eigenvalue weighted by Gasteiger charge is -2.16. The van der Waals surface area contributed by atoms with Crippen molar-refractivity contribution in [3.8, 4) is 0 Å². The second-order valence-electron chi connectivity index (χ2n) is 3.36. The van der Waals surface area contributed by atoms with E-state index in [1.54, 1.807) is 12.0 Å². The van der Waals surface area contributed by atoms with Gasteiger partial charge in [-0.2, -0.15) is 0 Å². The Bertz CT molecular complexity index is 281. The molecule has 0 bridgehead atoms. The number of carbonyl (C=O) groups excluding carboxylic acids is 1. The van der Waals surface area contributed by atoms with Gasteiger partial charge in [-0.15, -0.1) is 5.06 Å². The van der Waals surface area contributed by atoms with Gasteiger partial charge >= 0.3 is 11.9 Å². The van der Waals surface area contributed by atoms with Crippen LogP contribution in [0.1, 0.15) is 27.7 Å². The van der Waals surface area contributed by atoms with E-state index in [9.17, 15) is 9.59 Å². The molecule has 0 spiro atoms. The number of carboxylic acids is 1. The summed E-state index contributed by atoms with van der Waals surface area (Å²) in [6.07, 6.45) is 0. The summed E-state index contributed by atoms with van der Waals surface area (Å²) < 4.78 is 0. The zero-order valence-electron chi connectivity index (χ0n) is 10.9. The Labute approximate surface area is 102 Å². The molecule has 0 aromatic heterocycles. The molecule has 0 fully saturated rings. The fourth-order valence-corrected chi connectivity index (χ4v) is 0.548. The van der Waals surface area contributed by atoms with Crippen molar-refractivity contribution in [3.05, 3.63) is 24.3 Å². The summed E-state index contributed by atoms with van der Waals surface area (Å²) in [4.78, 5) is 25.4. The Kier molecular flexibility index (Phi) is 10.0. The minimum atomic E-state index is -0.935. The van der Waals surface area contributed by atoms with Gasteiger partial charge in [-0.3, -0.25) is 0 Å². The molecule has 98 valence electrons. The van der Waals surface area contributed by atoms with Crippen LogP contribution < -0.4 is 0 Å². The average Bonchev–Trinajstić information content (AvgIpc) is 2.25. The minimum Gasteiger partial charge on any atom is -0.478 e. The molecule has 0 heterocycles. The average molecular weight is 243 g/mol. The Morgan fingerprint density at radius 1 is 1.12 bits per heavy atom. The fourth-order valence-electron chi connectivity index (χ4n) is 0.548. The van der Waals surface area contributed by atoms with Crippen LogP contribution in [0.25, 0.3) is 0 Å². The normalized spacial score (nSPS) is 9.00. The van der Waals surface area contributed by atoms with Crippen molar-refractivity contribution in [1.29, 1.82) is 0 Å². The zero-order valence-corrected chi connectivity index (χ0v) is 10.9. The van der Waals surface area contributed by atoms with Crippen molar-refractivity contribution in [2.24, 2.45) is 0 Å². The number of hydroxylamine groups is 2. The lowest BCUT2D eigenvalue weighted by atomic mass is 10.4. The molecule has 0 aliphatic heterocycles. The number of hydrogen-bond acceptors (Lipinski definition) is 4. The lowest BCUT2D eigenvalue weighted by molar-refractivity contribution is -0.183. The first kappa shape index (κ1) is 17.8. The van der Waals surface area contributed by atoms with Gasteiger partial charge in [0.15, 0.2) is 0 Å². The molecule has 0 aliphatic rings. The molecule has 0 rings (SSSR count). The second-order valence-corrected chi connectivity index (χ2v) is 3.36. The zero-order chi connectivity index (χ0) is 14.0. The van der Waals surface area contributed by atoms with Crippen molar-refractivity contribution >= 4 is 11.9 Å². The van der Waals surface area contributed by atoms with Crippen molar-refractivity contribution in [3.63, 3.8) is 0 Å². The molecule has 0 saturated carbocycles. The van der Waals surface area contributed by atoms with E-state index in [0.29, 0.717) is 18.7 Å². The molecule has 5 heteroatoms. The molecule has 0 atom stereocenters. The van der Waals surface area contributed by atoms with Crippen molar-refractivity contribution in [2.75, 3.05) is 13.1 Å².